The first-order chi connectivity index (χ1) is 25.5. The lowest BCUT2D eigenvalue weighted by atomic mass is 9.72. The van der Waals surface area contributed by atoms with Gasteiger partial charge in [0, 0.05) is 38.2 Å². The molecule has 0 spiro atoms. The Morgan fingerprint density at radius 1 is 0.769 bits per heavy atom. The van der Waals surface area contributed by atoms with E-state index in [9.17, 15) is 4.57 Å². The minimum Gasteiger partial charge on any atom is -0.328 e. The SMILES string of the molecule is COP(=O)(OC)C1C2C=CC(CC2)C1n1ccc2cnc(-c3nn(C(c4ccccc4)(c4ccccc4)c4ccccc4)c4ncc(Cl)cc34)nc21. The second-order valence-electron chi connectivity index (χ2n) is 13.5. The van der Waals surface area contributed by atoms with Crippen molar-refractivity contribution in [3.8, 4) is 11.5 Å². The molecule has 1 saturated carbocycles. The molecule has 3 aliphatic rings. The van der Waals surface area contributed by atoms with Crippen LogP contribution in [-0.4, -0.2) is 49.2 Å². The monoisotopic (exact) mass is 726 g/mol. The Labute approximate surface area is 306 Å². The van der Waals surface area contributed by atoms with Crippen molar-refractivity contribution in [2.45, 2.75) is 30.1 Å². The molecule has 260 valence electrons. The van der Waals surface area contributed by atoms with Crippen LogP contribution in [0.2, 0.25) is 5.02 Å². The summed E-state index contributed by atoms with van der Waals surface area (Å²) >= 11 is 6.68. The van der Waals surface area contributed by atoms with E-state index >= 15 is 0 Å². The van der Waals surface area contributed by atoms with Crippen LogP contribution in [-0.2, 0) is 19.2 Å². The van der Waals surface area contributed by atoms with Gasteiger partial charge in [-0.15, -0.1) is 0 Å². The lowest BCUT2D eigenvalue weighted by Gasteiger charge is -2.46. The molecule has 0 N–H and O–H groups in total. The van der Waals surface area contributed by atoms with E-state index in [0.29, 0.717) is 22.2 Å². The van der Waals surface area contributed by atoms with Gasteiger partial charge in [0.15, 0.2) is 11.5 Å². The normalized spacial score (nSPS) is 20.2. The molecule has 11 heteroatoms. The first kappa shape index (κ1) is 33.0. The number of hydrogen-bond acceptors (Lipinski definition) is 7. The van der Waals surface area contributed by atoms with E-state index in [0.717, 1.165) is 46.0 Å². The molecule has 9 nitrogen and oxygen atoms in total. The molecule has 4 aromatic heterocycles. The van der Waals surface area contributed by atoms with Crippen molar-refractivity contribution in [2.75, 3.05) is 14.2 Å². The summed E-state index contributed by atoms with van der Waals surface area (Å²) in [6.07, 6.45) is 11.8. The fourth-order valence-corrected chi connectivity index (χ4v) is 10.9. The highest BCUT2D eigenvalue weighted by molar-refractivity contribution is 7.54. The number of fused-ring (bicyclic) bond motifs is 4. The molecule has 7 aromatic rings. The lowest BCUT2D eigenvalue weighted by molar-refractivity contribution is 0.181. The third-order valence-electron chi connectivity index (χ3n) is 10.9. The summed E-state index contributed by atoms with van der Waals surface area (Å²) < 4.78 is 29.5. The molecule has 4 heterocycles. The fraction of sp³-hybridized carbons (Fsp3) is 0.220. The molecule has 0 radical (unpaired) electrons. The number of halogens is 1. The molecule has 2 bridgehead atoms. The number of allylic oxidation sites excluding steroid dienone is 2. The maximum atomic E-state index is 14.1. The summed E-state index contributed by atoms with van der Waals surface area (Å²) in [4.78, 5) is 15.1. The number of aromatic nitrogens is 6. The molecule has 0 aliphatic heterocycles. The van der Waals surface area contributed by atoms with Crippen LogP contribution in [0.1, 0.15) is 35.6 Å². The molecule has 0 amide bonds. The van der Waals surface area contributed by atoms with Gasteiger partial charge in [-0.25, -0.2) is 19.6 Å². The smallest absolute Gasteiger partial charge is 0.328 e. The zero-order valence-electron chi connectivity index (χ0n) is 28.7. The number of rotatable bonds is 9. The second-order valence-corrected chi connectivity index (χ2v) is 16.3. The summed E-state index contributed by atoms with van der Waals surface area (Å²) in [5, 5.41) is 7.48. The van der Waals surface area contributed by atoms with E-state index in [1.54, 1.807) is 6.20 Å². The maximum absolute atomic E-state index is 14.1. The van der Waals surface area contributed by atoms with Crippen LogP contribution in [0, 0.1) is 11.8 Å². The minimum atomic E-state index is -3.44. The van der Waals surface area contributed by atoms with E-state index in [1.807, 2.05) is 83.8 Å². The van der Waals surface area contributed by atoms with Gasteiger partial charge in [-0.1, -0.05) is 115 Å². The van der Waals surface area contributed by atoms with E-state index in [-0.39, 0.29) is 23.5 Å². The van der Waals surface area contributed by atoms with Crippen LogP contribution in [0.15, 0.2) is 134 Å². The first-order valence-electron chi connectivity index (χ1n) is 17.4. The average Bonchev–Trinajstić information content (AvgIpc) is 3.81. The van der Waals surface area contributed by atoms with Gasteiger partial charge in [-0.05, 0) is 53.5 Å². The maximum Gasteiger partial charge on any atom is 0.335 e. The Kier molecular flexibility index (Phi) is 8.20. The van der Waals surface area contributed by atoms with Gasteiger partial charge in [-0.2, -0.15) is 5.10 Å². The highest BCUT2D eigenvalue weighted by Crippen LogP contribution is 2.64. The Morgan fingerprint density at radius 3 is 1.94 bits per heavy atom. The van der Waals surface area contributed by atoms with Gasteiger partial charge in [-0.3, -0.25) is 4.57 Å². The van der Waals surface area contributed by atoms with E-state index in [2.05, 4.69) is 53.1 Å². The van der Waals surface area contributed by atoms with Gasteiger partial charge in [0.25, 0.3) is 0 Å². The van der Waals surface area contributed by atoms with Gasteiger partial charge < -0.3 is 13.6 Å². The Morgan fingerprint density at radius 2 is 1.37 bits per heavy atom. The molecule has 4 unspecified atom stereocenters. The molecule has 10 rings (SSSR count). The predicted molar refractivity (Wildman–Crippen MR) is 203 cm³/mol. The highest BCUT2D eigenvalue weighted by Gasteiger charge is 2.52. The third kappa shape index (κ3) is 5.02. The van der Waals surface area contributed by atoms with E-state index in [4.69, 9.17) is 40.7 Å². The Hall–Kier alpha value is -4.92. The van der Waals surface area contributed by atoms with E-state index in [1.165, 1.54) is 14.2 Å². The molecule has 3 aromatic carbocycles. The lowest BCUT2D eigenvalue weighted by Crippen LogP contribution is -2.42. The third-order valence-corrected chi connectivity index (χ3v) is 13.6. The first-order valence-corrected chi connectivity index (χ1v) is 19.4. The number of nitrogens with zero attached hydrogens (tertiary/aromatic N) is 6. The number of pyridine rings is 1. The minimum absolute atomic E-state index is 0.0643. The average molecular weight is 727 g/mol. The van der Waals surface area contributed by atoms with Crippen molar-refractivity contribution in [3.63, 3.8) is 0 Å². The summed E-state index contributed by atoms with van der Waals surface area (Å²) in [7, 11) is -0.490. The zero-order chi connectivity index (χ0) is 35.5. The van der Waals surface area contributed by atoms with Crippen LogP contribution < -0.4 is 0 Å². The molecule has 3 aliphatic carbocycles. The van der Waals surface area contributed by atoms with Crippen LogP contribution in [0.5, 0.6) is 0 Å². The molecule has 52 heavy (non-hydrogen) atoms. The summed E-state index contributed by atoms with van der Waals surface area (Å²) in [6, 6.07) is 34.8. The fourth-order valence-electron chi connectivity index (χ4n) is 8.62. The van der Waals surface area contributed by atoms with Gasteiger partial charge >= 0.3 is 7.60 Å². The Bertz CT molecular complexity index is 2380. The van der Waals surface area contributed by atoms with Crippen LogP contribution in [0.25, 0.3) is 33.6 Å². The zero-order valence-corrected chi connectivity index (χ0v) is 30.3. The van der Waals surface area contributed by atoms with Crippen molar-refractivity contribution in [1.29, 1.82) is 0 Å². The van der Waals surface area contributed by atoms with Crippen molar-refractivity contribution in [3.05, 3.63) is 156 Å². The number of benzene rings is 3. The van der Waals surface area contributed by atoms with Gasteiger partial charge in [0.1, 0.15) is 16.9 Å². The molecule has 0 saturated heterocycles. The van der Waals surface area contributed by atoms with Gasteiger partial charge in [0.2, 0.25) is 0 Å². The van der Waals surface area contributed by atoms with Gasteiger partial charge in [0.05, 0.1) is 22.1 Å². The van der Waals surface area contributed by atoms with Crippen molar-refractivity contribution < 1.29 is 13.6 Å². The van der Waals surface area contributed by atoms with E-state index < -0.39 is 13.1 Å². The van der Waals surface area contributed by atoms with Crippen molar-refractivity contribution in [1.82, 2.24) is 29.3 Å². The topological polar surface area (TPSA) is 97.0 Å². The van der Waals surface area contributed by atoms with Crippen LogP contribution in [0.3, 0.4) is 0 Å². The predicted octanol–water partition coefficient (Wildman–Crippen LogP) is 9.33. The highest BCUT2D eigenvalue weighted by atomic mass is 35.5. The molecule has 1 fully saturated rings. The number of hydrogen-bond donors (Lipinski definition) is 0. The molecular formula is C41H36ClN6O3P. The standard InChI is InChI=1S/C41H36ClN6O3P/c1-50-52(49,51-2)37-28-20-18-27(19-21-28)36(37)47-23-22-29-25-43-38(45-39(29)47)35-34-24-33(42)26-44-40(34)48(46-35)41(30-12-6-3-7-13-30,31-14-8-4-9-15-31)32-16-10-5-11-17-32/h3-18,20,22-28,36-37H,19,21H2,1-2H3. The second kappa shape index (κ2) is 12.9. The van der Waals surface area contributed by atoms with Crippen LogP contribution >= 0.6 is 19.2 Å². The Balaban J connectivity index is 1.29. The summed E-state index contributed by atoms with van der Waals surface area (Å²) in [5.41, 5.74) is 3.66. The van der Waals surface area contributed by atoms with Crippen LogP contribution in [0.4, 0.5) is 0 Å². The largest absolute Gasteiger partial charge is 0.335 e. The molecule has 4 atom stereocenters. The summed E-state index contributed by atoms with van der Waals surface area (Å²) in [6.45, 7) is 0. The van der Waals surface area contributed by atoms with Crippen molar-refractivity contribution in [2.24, 2.45) is 11.8 Å². The quantitative estimate of drug-likeness (QED) is 0.0831. The summed E-state index contributed by atoms with van der Waals surface area (Å²) in [5.74, 6) is 0.640. The molecular weight excluding hydrogens is 691 g/mol. The van der Waals surface area contributed by atoms with Crippen molar-refractivity contribution >= 4 is 41.3 Å².